The number of carbonyl (C=O) groups is 1. The van der Waals surface area contributed by atoms with Crippen LogP contribution in [-0.4, -0.2) is 14.3 Å². The lowest BCUT2D eigenvalue weighted by Gasteiger charge is -2.13. The van der Waals surface area contributed by atoms with E-state index in [2.05, 4.69) is 10.0 Å². The number of sulfonamides is 1. The van der Waals surface area contributed by atoms with E-state index in [1.54, 1.807) is 55.5 Å². The highest BCUT2D eigenvalue weighted by molar-refractivity contribution is 7.92. The molecule has 0 aliphatic heterocycles. The highest BCUT2D eigenvalue weighted by atomic mass is 35.5. The predicted octanol–water partition coefficient (Wildman–Crippen LogP) is 5.01. The SMILES string of the molecule is Cc1ccc(Cl)cc1NC(=O)c1ccc(NS(=O)(=O)c2ccccc2)c(C)c1. The maximum atomic E-state index is 12.6. The molecule has 0 radical (unpaired) electrons. The van der Waals surface area contributed by atoms with Crippen LogP contribution in [0.5, 0.6) is 0 Å². The van der Waals surface area contributed by atoms with Gasteiger partial charge < -0.3 is 5.32 Å². The fourth-order valence-corrected chi connectivity index (χ4v) is 3.97. The molecule has 3 rings (SSSR count). The second-order valence-corrected chi connectivity index (χ2v) is 8.48. The zero-order valence-corrected chi connectivity index (χ0v) is 16.9. The highest BCUT2D eigenvalue weighted by Crippen LogP contribution is 2.23. The van der Waals surface area contributed by atoms with Crippen molar-refractivity contribution in [3.63, 3.8) is 0 Å². The summed E-state index contributed by atoms with van der Waals surface area (Å²) in [6, 6.07) is 18.2. The number of nitrogens with one attached hydrogen (secondary N) is 2. The molecule has 28 heavy (non-hydrogen) atoms. The summed E-state index contributed by atoms with van der Waals surface area (Å²) < 4.78 is 27.5. The Hall–Kier alpha value is -2.83. The molecule has 0 saturated carbocycles. The van der Waals surface area contributed by atoms with Crippen LogP contribution in [0.15, 0.2) is 71.6 Å². The van der Waals surface area contributed by atoms with E-state index < -0.39 is 10.0 Å². The largest absolute Gasteiger partial charge is 0.322 e. The van der Waals surface area contributed by atoms with Gasteiger partial charge in [0.15, 0.2) is 0 Å². The molecule has 0 aliphatic rings. The molecule has 0 heterocycles. The normalized spacial score (nSPS) is 11.1. The zero-order valence-electron chi connectivity index (χ0n) is 15.4. The van der Waals surface area contributed by atoms with Crippen molar-refractivity contribution in [2.45, 2.75) is 18.7 Å². The van der Waals surface area contributed by atoms with Gasteiger partial charge in [-0.25, -0.2) is 8.42 Å². The van der Waals surface area contributed by atoms with Gasteiger partial charge in [-0.2, -0.15) is 0 Å². The highest BCUT2D eigenvalue weighted by Gasteiger charge is 2.16. The summed E-state index contributed by atoms with van der Waals surface area (Å²) in [4.78, 5) is 12.7. The van der Waals surface area contributed by atoms with Crippen LogP contribution in [-0.2, 0) is 10.0 Å². The van der Waals surface area contributed by atoms with Gasteiger partial charge in [-0.05, 0) is 67.4 Å². The number of halogens is 1. The van der Waals surface area contributed by atoms with Crippen molar-refractivity contribution < 1.29 is 13.2 Å². The van der Waals surface area contributed by atoms with Gasteiger partial charge in [0.05, 0.1) is 10.6 Å². The molecule has 0 unspecified atom stereocenters. The Morgan fingerprint density at radius 3 is 2.25 bits per heavy atom. The molecule has 0 saturated heterocycles. The number of benzene rings is 3. The van der Waals surface area contributed by atoms with Crippen LogP contribution in [0.1, 0.15) is 21.5 Å². The van der Waals surface area contributed by atoms with E-state index in [-0.39, 0.29) is 10.8 Å². The van der Waals surface area contributed by atoms with Gasteiger partial charge in [0.1, 0.15) is 0 Å². The minimum atomic E-state index is -3.69. The van der Waals surface area contributed by atoms with Crippen molar-refractivity contribution in [1.29, 1.82) is 0 Å². The van der Waals surface area contributed by atoms with Gasteiger partial charge in [0.2, 0.25) is 0 Å². The summed E-state index contributed by atoms with van der Waals surface area (Å²) in [7, 11) is -3.69. The lowest BCUT2D eigenvalue weighted by atomic mass is 10.1. The lowest BCUT2D eigenvalue weighted by molar-refractivity contribution is 0.102. The van der Waals surface area contributed by atoms with Crippen LogP contribution >= 0.6 is 11.6 Å². The molecule has 0 spiro atoms. The summed E-state index contributed by atoms with van der Waals surface area (Å²) in [5, 5.41) is 3.36. The Kier molecular flexibility index (Phi) is 5.72. The average molecular weight is 415 g/mol. The summed E-state index contributed by atoms with van der Waals surface area (Å²) in [6.45, 7) is 3.61. The molecule has 0 aromatic heterocycles. The number of carbonyl (C=O) groups excluding carboxylic acids is 1. The third-order valence-corrected chi connectivity index (χ3v) is 5.85. The minimum absolute atomic E-state index is 0.174. The maximum Gasteiger partial charge on any atom is 0.261 e. The predicted molar refractivity (Wildman–Crippen MR) is 113 cm³/mol. The first kappa shape index (κ1) is 19.9. The first-order valence-corrected chi connectivity index (χ1v) is 10.4. The fourth-order valence-electron chi connectivity index (χ4n) is 2.65. The van der Waals surface area contributed by atoms with E-state index in [1.807, 2.05) is 13.0 Å². The summed E-state index contributed by atoms with van der Waals surface area (Å²) in [6.07, 6.45) is 0. The molecule has 0 atom stereocenters. The summed E-state index contributed by atoms with van der Waals surface area (Å²) in [5.41, 5.74) is 2.99. The number of aryl methyl sites for hydroxylation is 2. The van der Waals surface area contributed by atoms with E-state index in [0.717, 1.165) is 5.56 Å². The van der Waals surface area contributed by atoms with E-state index in [9.17, 15) is 13.2 Å². The Morgan fingerprint density at radius 2 is 1.57 bits per heavy atom. The summed E-state index contributed by atoms with van der Waals surface area (Å²) in [5.74, 6) is -0.300. The van der Waals surface area contributed by atoms with Crippen LogP contribution in [0, 0.1) is 13.8 Å². The quantitative estimate of drug-likeness (QED) is 0.616. The first-order chi connectivity index (χ1) is 13.3. The number of hydrogen-bond acceptors (Lipinski definition) is 3. The Labute approximate surface area is 169 Å². The first-order valence-electron chi connectivity index (χ1n) is 8.52. The molecule has 0 bridgehead atoms. The number of amides is 1. The molecule has 3 aromatic carbocycles. The topological polar surface area (TPSA) is 75.3 Å². The van der Waals surface area contributed by atoms with Crippen molar-refractivity contribution >= 4 is 38.9 Å². The minimum Gasteiger partial charge on any atom is -0.322 e. The smallest absolute Gasteiger partial charge is 0.261 e. The van der Waals surface area contributed by atoms with Gasteiger partial charge >= 0.3 is 0 Å². The van der Waals surface area contributed by atoms with Gasteiger partial charge in [0.25, 0.3) is 15.9 Å². The number of rotatable bonds is 5. The molecule has 5 nitrogen and oxygen atoms in total. The van der Waals surface area contributed by atoms with E-state index in [4.69, 9.17) is 11.6 Å². The molecular formula is C21H19ClN2O3S. The van der Waals surface area contributed by atoms with E-state index >= 15 is 0 Å². The lowest BCUT2D eigenvalue weighted by Crippen LogP contribution is -2.15. The van der Waals surface area contributed by atoms with Gasteiger partial charge in [0, 0.05) is 16.3 Å². The molecule has 144 valence electrons. The van der Waals surface area contributed by atoms with Crippen LogP contribution < -0.4 is 10.0 Å². The molecule has 3 aromatic rings. The molecule has 7 heteroatoms. The Balaban J connectivity index is 1.80. The van der Waals surface area contributed by atoms with Crippen LogP contribution in [0.2, 0.25) is 5.02 Å². The van der Waals surface area contributed by atoms with Gasteiger partial charge in [-0.15, -0.1) is 0 Å². The second kappa shape index (κ2) is 8.04. The van der Waals surface area contributed by atoms with Crippen molar-refractivity contribution in [3.8, 4) is 0 Å². The standard InChI is InChI=1S/C21H19ClN2O3S/c1-14-8-10-17(22)13-20(14)23-21(25)16-9-11-19(15(2)12-16)24-28(26,27)18-6-4-3-5-7-18/h3-13,24H,1-2H3,(H,23,25). The molecule has 2 N–H and O–H groups in total. The van der Waals surface area contributed by atoms with Crippen molar-refractivity contribution in [2.24, 2.45) is 0 Å². The Bertz CT molecular complexity index is 1130. The van der Waals surface area contributed by atoms with Gasteiger partial charge in [-0.3, -0.25) is 9.52 Å². The van der Waals surface area contributed by atoms with E-state index in [0.29, 0.717) is 27.5 Å². The molecule has 0 fully saturated rings. The third kappa shape index (κ3) is 4.52. The van der Waals surface area contributed by atoms with Crippen LogP contribution in [0.3, 0.4) is 0 Å². The molecular weight excluding hydrogens is 396 g/mol. The number of anilines is 2. The van der Waals surface area contributed by atoms with Crippen molar-refractivity contribution in [1.82, 2.24) is 0 Å². The Morgan fingerprint density at radius 1 is 0.857 bits per heavy atom. The van der Waals surface area contributed by atoms with E-state index in [1.165, 1.54) is 12.1 Å². The number of hydrogen-bond donors (Lipinski definition) is 2. The maximum absolute atomic E-state index is 12.6. The molecule has 1 amide bonds. The van der Waals surface area contributed by atoms with Crippen molar-refractivity contribution in [3.05, 3.63) is 88.4 Å². The van der Waals surface area contributed by atoms with Crippen LogP contribution in [0.4, 0.5) is 11.4 Å². The van der Waals surface area contributed by atoms with Crippen LogP contribution in [0.25, 0.3) is 0 Å². The van der Waals surface area contributed by atoms with Gasteiger partial charge in [-0.1, -0.05) is 35.9 Å². The fraction of sp³-hybridized carbons (Fsp3) is 0.0952. The zero-order chi connectivity index (χ0) is 20.3. The summed E-state index contributed by atoms with van der Waals surface area (Å²) >= 11 is 5.99. The van der Waals surface area contributed by atoms with Crippen molar-refractivity contribution in [2.75, 3.05) is 10.0 Å². The molecule has 0 aliphatic carbocycles. The third-order valence-electron chi connectivity index (χ3n) is 4.23. The monoisotopic (exact) mass is 414 g/mol. The second-order valence-electron chi connectivity index (χ2n) is 6.36. The average Bonchev–Trinajstić information content (AvgIpc) is 2.67.